The molecule has 5 nitrogen and oxygen atoms in total. The van der Waals surface area contributed by atoms with Gasteiger partial charge in [0.25, 0.3) is 0 Å². The molecule has 0 unspecified atom stereocenters. The second-order valence-electron chi connectivity index (χ2n) is 6.16. The summed E-state index contributed by atoms with van der Waals surface area (Å²) in [4.78, 5) is 25.0. The molecule has 0 aliphatic heterocycles. The molecule has 7 heteroatoms. The molecule has 26 heavy (non-hydrogen) atoms. The van der Waals surface area contributed by atoms with E-state index in [1.807, 2.05) is 18.2 Å². The van der Waals surface area contributed by atoms with Crippen LogP contribution in [0.1, 0.15) is 18.4 Å². The van der Waals surface area contributed by atoms with Crippen molar-refractivity contribution >= 4 is 17.5 Å². The maximum Gasteiger partial charge on any atom is 0.240 e. The van der Waals surface area contributed by atoms with Gasteiger partial charge in [-0.25, -0.2) is 8.78 Å². The lowest BCUT2D eigenvalue weighted by atomic mass is 10.0. The van der Waals surface area contributed by atoms with Gasteiger partial charge in [-0.1, -0.05) is 18.2 Å². The number of carbonyl (C=O) groups excluding carboxylic acids is 2. The molecule has 1 aliphatic carbocycles. The van der Waals surface area contributed by atoms with Crippen LogP contribution in [0.4, 0.5) is 14.5 Å². The summed E-state index contributed by atoms with van der Waals surface area (Å²) >= 11 is 0. The largest absolute Gasteiger partial charge is 0.496 e. The number of amides is 2. The third kappa shape index (κ3) is 3.51. The number of rotatable bonds is 6. The van der Waals surface area contributed by atoms with Gasteiger partial charge in [-0.05, 0) is 31.0 Å². The van der Waals surface area contributed by atoms with E-state index >= 15 is 0 Å². The van der Waals surface area contributed by atoms with Gasteiger partial charge in [0, 0.05) is 23.9 Å². The predicted molar refractivity (Wildman–Crippen MR) is 91.5 cm³/mol. The summed E-state index contributed by atoms with van der Waals surface area (Å²) in [5, 5.41) is 5.23. The van der Waals surface area contributed by atoms with Crippen molar-refractivity contribution in [3.05, 3.63) is 59.7 Å². The van der Waals surface area contributed by atoms with Crippen LogP contribution in [0.15, 0.2) is 42.5 Å². The fourth-order valence-corrected chi connectivity index (χ4v) is 2.70. The molecule has 2 aromatic rings. The van der Waals surface area contributed by atoms with E-state index in [1.165, 1.54) is 13.2 Å². The van der Waals surface area contributed by atoms with Crippen molar-refractivity contribution < 1.29 is 23.1 Å². The van der Waals surface area contributed by atoms with Crippen LogP contribution in [-0.4, -0.2) is 18.9 Å². The Kier molecular flexibility index (Phi) is 4.88. The van der Waals surface area contributed by atoms with Crippen molar-refractivity contribution in [3.8, 4) is 5.75 Å². The molecule has 0 heterocycles. The molecule has 0 bridgehead atoms. The van der Waals surface area contributed by atoms with Crippen LogP contribution < -0.4 is 15.4 Å². The highest BCUT2D eigenvalue weighted by Crippen LogP contribution is 2.47. The monoisotopic (exact) mass is 360 g/mol. The Hall–Kier alpha value is -2.96. The summed E-state index contributed by atoms with van der Waals surface area (Å²) in [6.07, 6.45) is 0.806. The third-order valence-corrected chi connectivity index (χ3v) is 4.43. The standard InChI is InChI=1S/C19H18F2N2O3/c1-26-16-5-3-2-4-12(16)11-22-17(24)19(8-9-19)18(25)23-13-6-7-14(20)15(21)10-13/h2-7,10H,8-9,11H2,1H3,(H,22,24)(H,23,25). The molecule has 2 aromatic carbocycles. The molecule has 0 saturated heterocycles. The topological polar surface area (TPSA) is 67.4 Å². The molecule has 1 saturated carbocycles. The van der Waals surface area contributed by atoms with E-state index in [4.69, 9.17) is 4.74 Å². The van der Waals surface area contributed by atoms with Crippen LogP contribution in [0.2, 0.25) is 0 Å². The summed E-state index contributed by atoms with van der Waals surface area (Å²) in [6.45, 7) is 0.225. The lowest BCUT2D eigenvalue weighted by Gasteiger charge is -2.16. The molecular weight excluding hydrogens is 342 g/mol. The van der Waals surface area contributed by atoms with E-state index in [0.717, 1.165) is 17.7 Å². The molecule has 1 fully saturated rings. The van der Waals surface area contributed by atoms with Crippen LogP contribution in [0, 0.1) is 17.0 Å². The van der Waals surface area contributed by atoms with Gasteiger partial charge in [0.05, 0.1) is 7.11 Å². The van der Waals surface area contributed by atoms with Crippen molar-refractivity contribution in [2.75, 3.05) is 12.4 Å². The normalized spacial score (nSPS) is 14.4. The molecule has 1 aliphatic rings. The first-order valence-corrected chi connectivity index (χ1v) is 8.13. The smallest absolute Gasteiger partial charge is 0.240 e. The molecular formula is C19H18F2N2O3. The van der Waals surface area contributed by atoms with Crippen molar-refractivity contribution in [2.45, 2.75) is 19.4 Å². The van der Waals surface area contributed by atoms with Gasteiger partial charge < -0.3 is 15.4 Å². The van der Waals surface area contributed by atoms with Crippen LogP contribution in [0.25, 0.3) is 0 Å². The minimum atomic E-state index is -1.17. The Labute approximate surface area is 149 Å². The van der Waals surface area contributed by atoms with Gasteiger partial charge in [-0.2, -0.15) is 0 Å². The molecule has 0 atom stereocenters. The van der Waals surface area contributed by atoms with Gasteiger partial charge >= 0.3 is 0 Å². The first kappa shape index (κ1) is 17.8. The number of ether oxygens (including phenoxy) is 1. The highest BCUT2D eigenvalue weighted by atomic mass is 19.2. The maximum absolute atomic E-state index is 13.3. The molecule has 0 spiro atoms. The van der Waals surface area contributed by atoms with Crippen molar-refractivity contribution in [1.82, 2.24) is 5.32 Å². The van der Waals surface area contributed by atoms with Gasteiger partial charge in [0.15, 0.2) is 11.6 Å². The summed E-state index contributed by atoms with van der Waals surface area (Å²) < 4.78 is 31.5. The van der Waals surface area contributed by atoms with Crippen LogP contribution in [-0.2, 0) is 16.1 Å². The second kappa shape index (κ2) is 7.11. The molecule has 0 aromatic heterocycles. The van der Waals surface area contributed by atoms with Crippen LogP contribution in [0.3, 0.4) is 0 Å². The van der Waals surface area contributed by atoms with Crippen molar-refractivity contribution in [3.63, 3.8) is 0 Å². The fourth-order valence-electron chi connectivity index (χ4n) is 2.70. The summed E-state index contributed by atoms with van der Waals surface area (Å²) in [5.41, 5.74) is -0.273. The molecule has 2 N–H and O–H groups in total. The Balaban J connectivity index is 1.64. The number of hydrogen-bond acceptors (Lipinski definition) is 3. The maximum atomic E-state index is 13.3. The highest BCUT2D eigenvalue weighted by Gasteiger charge is 2.56. The second-order valence-corrected chi connectivity index (χ2v) is 6.16. The Morgan fingerprint density at radius 1 is 1.08 bits per heavy atom. The van der Waals surface area contributed by atoms with E-state index in [9.17, 15) is 18.4 Å². The summed E-state index contributed by atoms with van der Waals surface area (Å²) in [6, 6.07) is 10.3. The Morgan fingerprint density at radius 2 is 1.81 bits per heavy atom. The number of para-hydroxylation sites is 1. The van der Waals surface area contributed by atoms with Crippen LogP contribution >= 0.6 is 0 Å². The number of halogens is 2. The highest BCUT2D eigenvalue weighted by molar-refractivity contribution is 6.13. The SMILES string of the molecule is COc1ccccc1CNC(=O)C1(C(=O)Nc2ccc(F)c(F)c2)CC1. The fraction of sp³-hybridized carbons (Fsp3) is 0.263. The lowest BCUT2D eigenvalue weighted by Crippen LogP contribution is -2.39. The lowest BCUT2D eigenvalue weighted by molar-refractivity contribution is -0.134. The minimum Gasteiger partial charge on any atom is -0.496 e. The van der Waals surface area contributed by atoms with E-state index < -0.39 is 28.9 Å². The van der Waals surface area contributed by atoms with E-state index in [0.29, 0.717) is 18.6 Å². The van der Waals surface area contributed by atoms with Gasteiger partial charge in [-0.15, -0.1) is 0 Å². The Morgan fingerprint density at radius 3 is 2.46 bits per heavy atom. The van der Waals surface area contributed by atoms with Gasteiger partial charge in [0.2, 0.25) is 11.8 Å². The average Bonchev–Trinajstić information content (AvgIpc) is 3.45. The Bertz CT molecular complexity index is 850. The number of benzene rings is 2. The van der Waals surface area contributed by atoms with Crippen molar-refractivity contribution in [1.29, 1.82) is 0 Å². The van der Waals surface area contributed by atoms with Gasteiger partial charge in [0.1, 0.15) is 11.2 Å². The zero-order valence-corrected chi connectivity index (χ0v) is 14.1. The first-order valence-electron chi connectivity index (χ1n) is 8.13. The molecule has 3 rings (SSSR count). The number of nitrogens with one attached hydrogen (secondary N) is 2. The number of methoxy groups -OCH3 is 1. The molecule has 136 valence electrons. The minimum absolute atomic E-state index is 0.109. The third-order valence-electron chi connectivity index (χ3n) is 4.43. The summed E-state index contributed by atoms with van der Waals surface area (Å²) in [5.74, 6) is -2.35. The van der Waals surface area contributed by atoms with Crippen molar-refractivity contribution in [2.24, 2.45) is 5.41 Å². The van der Waals surface area contributed by atoms with E-state index in [2.05, 4.69) is 10.6 Å². The number of hydrogen-bond donors (Lipinski definition) is 2. The quantitative estimate of drug-likeness (QED) is 0.778. The molecule has 0 radical (unpaired) electrons. The summed E-state index contributed by atoms with van der Waals surface area (Å²) in [7, 11) is 1.54. The predicted octanol–water partition coefficient (Wildman–Crippen LogP) is 3.01. The van der Waals surface area contributed by atoms with E-state index in [1.54, 1.807) is 6.07 Å². The molecule has 2 amide bonds. The zero-order valence-electron chi connectivity index (χ0n) is 14.1. The van der Waals surface area contributed by atoms with Crippen LogP contribution in [0.5, 0.6) is 5.75 Å². The zero-order chi connectivity index (χ0) is 18.7. The van der Waals surface area contributed by atoms with E-state index in [-0.39, 0.29) is 12.2 Å². The van der Waals surface area contributed by atoms with Gasteiger partial charge in [-0.3, -0.25) is 9.59 Å². The average molecular weight is 360 g/mol. The number of carbonyl (C=O) groups is 2. The first-order chi connectivity index (χ1) is 12.5. The number of anilines is 1.